The molecule has 1 aromatic carbocycles. The monoisotopic (exact) mass is 522 g/mol. The van der Waals surface area contributed by atoms with Crippen LogP contribution in [0.4, 0.5) is 5.82 Å². The molecule has 1 fully saturated rings. The Hall–Kier alpha value is -2.36. The van der Waals surface area contributed by atoms with E-state index in [0.717, 1.165) is 49.8 Å². The number of aromatic nitrogens is 1. The number of rotatable bonds is 7. The molecule has 1 aliphatic heterocycles. The molecule has 7 nitrogen and oxygen atoms in total. The van der Waals surface area contributed by atoms with Gasteiger partial charge in [0, 0.05) is 43.9 Å². The lowest BCUT2D eigenvalue weighted by atomic mass is 9.96. The number of amides is 1. The molecule has 0 radical (unpaired) electrons. The van der Waals surface area contributed by atoms with Crippen molar-refractivity contribution < 1.29 is 4.79 Å². The summed E-state index contributed by atoms with van der Waals surface area (Å²) in [5.41, 5.74) is 7.74. The Labute approximate surface area is 195 Å². The number of guanidine groups is 1. The van der Waals surface area contributed by atoms with Crippen LogP contribution in [-0.4, -0.2) is 36.5 Å². The van der Waals surface area contributed by atoms with E-state index in [4.69, 9.17) is 5.73 Å². The van der Waals surface area contributed by atoms with Crippen molar-refractivity contribution in [3.05, 3.63) is 59.8 Å². The Morgan fingerprint density at radius 3 is 2.57 bits per heavy atom. The maximum Gasteiger partial charge on any atom is 0.220 e. The highest BCUT2D eigenvalue weighted by Crippen LogP contribution is 2.24. The Morgan fingerprint density at radius 1 is 1.17 bits per heavy atom. The van der Waals surface area contributed by atoms with Gasteiger partial charge in [0.25, 0.3) is 0 Å². The molecule has 1 aromatic heterocycles. The first-order valence-electron chi connectivity index (χ1n) is 10.2. The number of aliphatic imine (C=N–C) groups is 1. The summed E-state index contributed by atoms with van der Waals surface area (Å²) in [7, 11) is 0. The van der Waals surface area contributed by atoms with Gasteiger partial charge in [-0.05, 0) is 31.4 Å². The number of nitrogens with zero attached hydrogens (tertiary/aromatic N) is 3. The predicted octanol–water partition coefficient (Wildman–Crippen LogP) is 2.66. The molecule has 3 rings (SSSR count). The largest absolute Gasteiger partial charge is 0.369 e. The van der Waals surface area contributed by atoms with Crippen molar-refractivity contribution in [3.8, 4) is 0 Å². The van der Waals surface area contributed by atoms with Gasteiger partial charge in [0.15, 0.2) is 5.96 Å². The summed E-state index contributed by atoms with van der Waals surface area (Å²) < 4.78 is 0. The van der Waals surface area contributed by atoms with Crippen LogP contribution in [0.15, 0.2) is 53.7 Å². The van der Waals surface area contributed by atoms with Crippen LogP contribution in [0.3, 0.4) is 0 Å². The molecule has 0 bridgehead atoms. The molecule has 162 valence electrons. The van der Waals surface area contributed by atoms with E-state index in [1.165, 1.54) is 5.56 Å². The number of hydrogen-bond acceptors (Lipinski definition) is 4. The number of nitrogens with two attached hydrogens (primary N) is 1. The molecule has 2 heterocycles. The molecular weight excluding hydrogens is 491 g/mol. The standard InChI is InChI=1S/C22H30N6O.HI/c1-2-24-22(26-15-17-7-4-3-5-8-17)27-16-19-9-6-12-25-21(19)28-13-10-18(11-14-28)20(23)29;/h3-9,12,18H,2,10-11,13-16H2,1H3,(H2,23,29)(H2,24,26,27);1H. The second-order valence-corrected chi connectivity index (χ2v) is 7.18. The highest BCUT2D eigenvalue weighted by atomic mass is 127. The fraction of sp³-hybridized carbons (Fsp3) is 0.409. The smallest absolute Gasteiger partial charge is 0.220 e. The third-order valence-electron chi connectivity index (χ3n) is 5.12. The van der Waals surface area contributed by atoms with Crippen LogP contribution in [0.1, 0.15) is 30.9 Å². The number of halogens is 1. The number of piperidine rings is 1. The number of primary amides is 1. The lowest BCUT2D eigenvalue weighted by molar-refractivity contribution is -0.122. The zero-order valence-corrected chi connectivity index (χ0v) is 19.7. The van der Waals surface area contributed by atoms with Crippen LogP contribution in [0.5, 0.6) is 0 Å². The van der Waals surface area contributed by atoms with Crippen LogP contribution >= 0.6 is 24.0 Å². The maximum absolute atomic E-state index is 11.4. The summed E-state index contributed by atoms with van der Waals surface area (Å²) in [5, 5.41) is 6.71. The average Bonchev–Trinajstić information content (AvgIpc) is 2.76. The summed E-state index contributed by atoms with van der Waals surface area (Å²) in [6.07, 6.45) is 3.37. The molecule has 2 aromatic rings. The van der Waals surface area contributed by atoms with E-state index in [1.807, 2.05) is 30.5 Å². The summed E-state index contributed by atoms with van der Waals surface area (Å²) in [5.74, 6) is 1.51. The zero-order valence-electron chi connectivity index (χ0n) is 17.4. The van der Waals surface area contributed by atoms with Gasteiger partial charge >= 0.3 is 0 Å². The van der Waals surface area contributed by atoms with E-state index in [9.17, 15) is 4.79 Å². The Balaban J connectivity index is 0.00000320. The van der Waals surface area contributed by atoms with Crippen molar-refractivity contribution in [3.63, 3.8) is 0 Å². The van der Waals surface area contributed by atoms with Crippen molar-refractivity contribution in [1.82, 2.24) is 15.6 Å². The van der Waals surface area contributed by atoms with E-state index in [2.05, 4.69) is 50.6 Å². The van der Waals surface area contributed by atoms with Crippen LogP contribution < -0.4 is 21.3 Å². The minimum atomic E-state index is -0.197. The first kappa shape index (κ1) is 23.9. The van der Waals surface area contributed by atoms with Gasteiger partial charge in [-0.3, -0.25) is 4.79 Å². The second-order valence-electron chi connectivity index (χ2n) is 7.18. The van der Waals surface area contributed by atoms with Gasteiger partial charge < -0.3 is 21.3 Å². The van der Waals surface area contributed by atoms with Gasteiger partial charge in [-0.15, -0.1) is 24.0 Å². The van der Waals surface area contributed by atoms with E-state index >= 15 is 0 Å². The van der Waals surface area contributed by atoms with Crippen LogP contribution in [0, 0.1) is 5.92 Å². The third kappa shape index (κ3) is 6.86. The quantitative estimate of drug-likeness (QED) is 0.295. The number of hydrogen-bond donors (Lipinski definition) is 3. The van der Waals surface area contributed by atoms with Crippen molar-refractivity contribution >= 4 is 41.7 Å². The molecule has 1 aliphatic rings. The zero-order chi connectivity index (χ0) is 20.5. The van der Waals surface area contributed by atoms with Crippen molar-refractivity contribution in [2.75, 3.05) is 24.5 Å². The fourth-order valence-electron chi connectivity index (χ4n) is 3.50. The predicted molar refractivity (Wildman–Crippen MR) is 132 cm³/mol. The first-order chi connectivity index (χ1) is 14.2. The molecule has 0 saturated carbocycles. The van der Waals surface area contributed by atoms with Crippen LogP contribution in [0.2, 0.25) is 0 Å². The average molecular weight is 522 g/mol. The Morgan fingerprint density at radius 2 is 1.90 bits per heavy atom. The molecule has 0 atom stereocenters. The second kappa shape index (κ2) is 12.4. The van der Waals surface area contributed by atoms with E-state index < -0.39 is 0 Å². The summed E-state index contributed by atoms with van der Waals surface area (Å²) in [6.45, 7) is 5.68. The van der Waals surface area contributed by atoms with E-state index in [-0.39, 0.29) is 35.8 Å². The summed E-state index contributed by atoms with van der Waals surface area (Å²) in [4.78, 5) is 22.9. The molecule has 8 heteroatoms. The normalized spacial score (nSPS) is 14.7. The number of carbonyl (C=O) groups excluding carboxylic acids is 1. The highest BCUT2D eigenvalue weighted by Gasteiger charge is 2.24. The first-order valence-corrected chi connectivity index (χ1v) is 10.2. The lowest BCUT2D eigenvalue weighted by Gasteiger charge is -2.32. The number of nitrogens with one attached hydrogen (secondary N) is 2. The van der Waals surface area contributed by atoms with E-state index in [1.54, 1.807) is 0 Å². The fourth-order valence-corrected chi connectivity index (χ4v) is 3.50. The van der Waals surface area contributed by atoms with Gasteiger partial charge in [-0.25, -0.2) is 9.98 Å². The number of benzene rings is 1. The highest BCUT2D eigenvalue weighted by molar-refractivity contribution is 14.0. The molecule has 0 unspecified atom stereocenters. The lowest BCUT2D eigenvalue weighted by Crippen LogP contribution is -2.40. The minimum absolute atomic E-state index is 0. The SMILES string of the molecule is CCNC(=NCc1ccccc1)NCc1cccnc1N1CCC(C(N)=O)CC1.I. The van der Waals surface area contributed by atoms with Gasteiger partial charge in [0.2, 0.25) is 5.91 Å². The van der Waals surface area contributed by atoms with Gasteiger partial charge in [0.05, 0.1) is 6.54 Å². The number of carbonyl (C=O) groups is 1. The number of pyridine rings is 1. The molecule has 0 spiro atoms. The van der Waals surface area contributed by atoms with Crippen LogP contribution in [-0.2, 0) is 17.9 Å². The molecular formula is C22H31IN6O. The molecule has 1 saturated heterocycles. The van der Waals surface area contributed by atoms with Gasteiger partial charge in [-0.2, -0.15) is 0 Å². The molecule has 30 heavy (non-hydrogen) atoms. The molecule has 4 N–H and O–H groups in total. The third-order valence-corrected chi connectivity index (χ3v) is 5.12. The topological polar surface area (TPSA) is 95.6 Å². The molecule has 1 amide bonds. The minimum Gasteiger partial charge on any atom is -0.369 e. The van der Waals surface area contributed by atoms with Gasteiger partial charge in [-0.1, -0.05) is 36.4 Å². The number of anilines is 1. The Kier molecular flexibility index (Phi) is 9.85. The van der Waals surface area contributed by atoms with Gasteiger partial charge in [0.1, 0.15) is 5.82 Å². The summed E-state index contributed by atoms with van der Waals surface area (Å²) in [6, 6.07) is 14.2. The summed E-state index contributed by atoms with van der Waals surface area (Å²) >= 11 is 0. The van der Waals surface area contributed by atoms with Crippen molar-refractivity contribution in [2.45, 2.75) is 32.9 Å². The van der Waals surface area contributed by atoms with E-state index in [0.29, 0.717) is 13.1 Å². The Bertz CT molecular complexity index is 821. The molecule has 0 aliphatic carbocycles. The maximum atomic E-state index is 11.4. The van der Waals surface area contributed by atoms with Crippen molar-refractivity contribution in [1.29, 1.82) is 0 Å². The van der Waals surface area contributed by atoms with Crippen molar-refractivity contribution in [2.24, 2.45) is 16.6 Å². The van der Waals surface area contributed by atoms with Crippen LogP contribution in [0.25, 0.3) is 0 Å².